The van der Waals surface area contributed by atoms with Crippen LogP contribution in [0.15, 0.2) is 132 Å². The van der Waals surface area contributed by atoms with Crippen LogP contribution in [0.1, 0.15) is 59.9 Å². The van der Waals surface area contributed by atoms with E-state index in [1.54, 1.807) is 5.56 Å². The predicted molar refractivity (Wildman–Crippen MR) is 190 cm³/mol. The molecule has 4 saturated carbocycles. The monoisotopic (exact) mass is 592 g/mol. The number of amidine groups is 1. The molecule has 0 unspecified atom stereocenters. The zero-order valence-corrected chi connectivity index (χ0v) is 25.9. The van der Waals surface area contributed by atoms with E-state index in [9.17, 15) is 5.41 Å². The van der Waals surface area contributed by atoms with Crippen LogP contribution in [-0.2, 0) is 5.41 Å². The van der Waals surface area contributed by atoms with Crippen molar-refractivity contribution in [2.24, 2.45) is 28.7 Å². The van der Waals surface area contributed by atoms with Gasteiger partial charge in [0.15, 0.2) is 5.84 Å². The molecule has 2 heteroatoms. The van der Waals surface area contributed by atoms with Crippen molar-refractivity contribution in [1.82, 2.24) is 0 Å². The number of nitrogens with one attached hydrogen (secondary N) is 1. The van der Waals surface area contributed by atoms with E-state index in [1.165, 1.54) is 65.0 Å². The Bertz CT molecular complexity index is 2210. The highest BCUT2D eigenvalue weighted by molar-refractivity contribution is 6.23. The average molecular weight is 593 g/mol. The maximum absolute atomic E-state index is 9.45. The van der Waals surface area contributed by atoms with Crippen molar-refractivity contribution in [3.63, 3.8) is 0 Å². The van der Waals surface area contributed by atoms with Gasteiger partial charge in [-0.1, -0.05) is 121 Å². The van der Waals surface area contributed by atoms with E-state index in [-0.39, 0.29) is 5.41 Å². The summed E-state index contributed by atoms with van der Waals surface area (Å²) in [6.07, 6.45) is 6.91. The molecule has 2 nitrogen and oxygen atoms in total. The van der Waals surface area contributed by atoms with Crippen LogP contribution in [0.3, 0.4) is 0 Å². The zero-order valence-electron chi connectivity index (χ0n) is 25.9. The minimum absolute atomic E-state index is 0.0844. The van der Waals surface area contributed by atoms with E-state index >= 15 is 0 Å². The summed E-state index contributed by atoms with van der Waals surface area (Å²) in [5.74, 6) is 3.52. The molecule has 5 aliphatic rings. The van der Waals surface area contributed by atoms with Gasteiger partial charge in [0, 0.05) is 22.1 Å². The van der Waals surface area contributed by atoms with Crippen LogP contribution < -0.4 is 0 Å². The number of benzene rings is 6. The van der Waals surface area contributed by atoms with Gasteiger partial charge in [-0.15, -0.1) is 0 Å². The highest BCUT2D eigenvalue weighted by atomic mass is 14.8. The Morgan fingerprint density at radius 3 is 1.98 bits per heavy atom. The van der Waals surface area contributed by atoms with Crippen LogP contribution in [-0.4, -0.2) is 11.5 Å². The van der Waals surface area contributed by atoms with Gasteiger partial charge in [-0.25, -0.2) is 4.99 Å². The van der Waals surface area contributed by atoms with E-state index in [2.05, 4.69) is 121 Å². The van der Waals surface area contributed by atoms with Crippen molar-refractivity contribution < 1.29 is 0 Å². The molecule has 0 heterocycles. The van der Waals surface area contributed by atoms with Crippen LogP contribution in [0, 0.1) is 29.1 Å². The summed E-state index contributed by atoms with van der Waals surface area (Å²) in [7, 11) is 0. The molecule has 6 aromatic rings. The Kier molecular flexibility index (Phi) is 5.65. The van der Waals surface area contributed by atoms with Crippen molar-refractivity contribution in [3.8, 4) is 11.1 Å². The normalized spacial score (nSPS) is 25.7. The topological polar surface area (TPSA) is 36.2 Å². The molecule has 0 amide bonds. The van der Waals surface area contributed by atoms with E-state index in [4.69, 9.17) is 4.99 Å². The largest absolute Gasteiger partial charge is 0.282 e. The third-order valence-electron chi connectivity index (χ3n) is 12.1. The first kappa shape index (κ1) is 26.4. The summed E-state index contributed by atoms with van der Waals surface area (Å²) >= 11 is 0. The van der Waals surface area contributed by atoms with Gasteiger partial charge < -0.3 is 0 Å². The molecule has 0 saturated heterocycles. The summed E-state index contributed by atoms with van der Waals surface area (Å²) in [4.78, 5) is 5.15. The van der Waals surface area contributed by atoms with Crippen LogP contribution in [0.2, 0.25) is 0 Å². The van der Waals surface area contributed by atoms with Gasteiger partial charge in [0.25, 0.3) is 0 Å². The van der Waals surface area contributed by atoms with E-state index in [1.807, 2.05) is 6.07 Å². The Labute approximate surface area is 270 Å². The first-order chi connectivity index (χ1) is 22.7. The summed E-state index contributed by atoms with van der Waals surface area (Å²) in [6, 6.07) is 45.9. The van der Waals surface area contributed by atoms with Crippen LogP contribution in [0.4, 0.5) is 0 Å². The molecule has 1 spiro atoms. The molecule has 46 heavy (non-hydrogen) atoms. The highest BCUT2D eigenvalue weighted by Gasteiger charge is 2.62. The molecule has 4 bridgehead atoms. The summed E-state index contributed by atoms with van der Waals surface area (Å²) in [5, 5.41) is 14.6. The fourth-order valence-electron chi connectivity index (χ4n) is 10.6. The second kappa shape index (κ2) is 9.84. The molecule has 1 N–H and O–H groups in total. The Hall–Kier alpha value is -4.82. The van der Waals surface area contributed by atoms with Gasteiger partial charge in [-0.05, 0) is 106 Å². The van der Waals surface area contributed by atoms with Crippen molar-refractivity contribution in [3.05, 3.63) is 155 Å². The molecule has 6 aromatic carbocycles. The minimum atomic E-state index is 0.0844. The van der Waals surface area contributed by atoms with Gasteiger partial charge in [0.1, 0.15) is 0 Å². The molecule has 0 radical (unpaired) electrons. The fraction of sp³-hybridized carbons (Fsp3) is 0.227. The molecular weight excluding hydrogens is 556 g/mol. The molecule has 222 valence electrons. The summed E-state index contributed by atoms with van der Waals surface area (Å²) in [5.41, 5.74) is 9.70. The van der Waals surface area contributed by atoms with Gasteiger partial charge in [0.05, 0.1) is 5.71 Å². The average Bonchev–Trinajstić information content (AvgIpc) is 3.40. The van der Waals surface area contributed by atoms with Crippen molar-refractivity contribution in [2.45, 2.75) is 37.5 Å². The number of fused-ring (bicyclic) bond motifs is 6. The lowest BCUT2D eigenvalue weighted by atomic mass is 9.43. The lowest BCUT2D eigenvalue weighted by Gasteiger charge is -2.61. The fourth-order valence-corrected chi connectivity index (χ4v) is 10.6. The lowest BCUT2D eigenvalue weighted by Crippen LogP contribution is -2.55. The van der Waals surface area contributed by atoms with E-state index in [0.29, 0.717) is 17.7 Å². The van der Waals surface area contributed by atoms with Gasteiger partial charge in [0.2, 0.25) is 0 Å². The zero-order chi connectivity index (χ0) is 30.4. The lowest BCUT2D eigenvalue weighted by molar-refractivity contribution is -0.0393. The van der Waals surface area contributed by atoms with Gasteiger partial charge in [-0.3, -0.25) is 5.41 Å². The molecule has 0 atom stereocenters. The maximum Gasteiger partial charge on any atom is 0.152 e. The summed E-state index contributed by atoms with van der Waals surface area (Å²) < 4.78 is 0. The molecule has 0 aliphatic heterocycles. The van der Waals surface area contributed by atoms with E-state index in [0.717, 1.165) is 39.6 Å². The Morgan fingerprint density at radius 2 is 1.22 bits per heavy atom. The number of hydrogen-bond donors (Lipinski definition) is 1. The maximum atomic E-state index is 9.45. The van der Waals surface area contributed by atoms with Crippen LogP contribution in [0.5, 0.6) is 0 Å². The van der Waals surface area contributed by atoms with Crippen molar-refractivity contribution in [1.29, 1.82) is 5.41 Å². The quantitative estimate of drug-likeness (QED) is 0.157. The van der Waals surface area contributed by atoms with E-state index < -0.39 is 0 Å². The smallest absolute Gasteiger partial charge is 0.152 e. The number of rotatable bonds is 3. The minimum Gasteiger partial charge on any atom is -0.282 e. The standard InChI is InChI=1S/C44H36N2/c45-43(46-42(31-11-2-1-3-12-31)38-16-8-13-29-9-4-6-14-35(29)38)32-18-20-40-39(26-32)37-19-17-30-10-5-7-15-36(30)41(37)44(40)33-22-27-21-28(24-33)25-34(44)23-27/h1-20,26-28,33-34,45H,21-25H2. The van der Waals surface area contributed by atoms with Crippen LogP contribution in [0.25, 0.3) is 32.7 Å². The molecule has 5 aliphatic carbocycles. The Morgan fingerprint density at radius 1 is 0.565 bits per heavy atom. The van der Waals surface area contributed by atoms with Crippen molar-refractivity contribution in [2.75, 3.05) is 0 Å². The number of nitrogens with zero attached hydrogens (tertiary/aromatic N) is 1. The second-order valence-corrected chi connectivity index (χ2v) is 14.3. The first-order valence-corrected chi connectivity index (χ1v) is 17.1. The van der Waals surface area contributed by atoms with Crippen molar-refractivity contribution >= 4 is 33.1 Å². The summed E-state index contributed by atoms with van der Waals surface area (Å²) in [6.45, 7) is 0. The molecule has 11 rings (SSSR count). The highest BCUT2D eigenvalue weighted by Crippen LogP contribution is 2.70. The number of hydrogen-bond acceptors (Lipinski definition) is 1. The third kappa shape index (κ3) is 3.64. The Balaban J connectivity index is 1.16. The second-order valence-electron chi connectivity index (χ2n) is 14.3. The third-order valence-corrected chi connectivity index (χ3v) is 12.1. The molecule has 0 aromatic heterocycles. The molecular formula is C44H36N2. The van der Waals surface area contributed by atoms with Gasteiger partial charge in [-0.2, -0.15) is 0 Å². The van der Waals surface area contributed by atoms with Gasteiger partial charge >= 0.3 is 0 Å². The first-order valence-electron chi connectivity index (χ1n) is 17.1. The van der Waals surface area contributed by atoms with Crippen LogP contribution >= 0.6 is 0 Å². The number of aliphatic imine (C=N–C) groups is 1. The molecule has 4 fully saturated rings. The predicted octanol–water partition coefficient (Wildman–Crippen LogP) is 10.6. The SMILES string of the molecule is N=C(N=C(c1ccccc1)c1cccc2ccccc12)c1ccc2c(c1)-c1ccc3ccccc3c1C21C2CC3CC(C2)CC1C3.